The van der Waals surface area contributed by atoms with Gasteiger partial charge in [-0.05, 0) is 24.8 Å². The number of carbonyl (C=O) groups excluding carboxylic acids is 1. The monoisotopic (exact) mass is 337 g/mol. The molecule has 22 heavy (non-hydrogen) atoms. The van der Waals surface area contributed by atoms with Gasteiger partial charge in [0.25, 0.3) is 0 Å². The fraction of sp³-hybridized carbons (Fsp3) is 0.533. The molecule has 1 aliphatic carbocycles. The predicted octanol–water partition coefficient (Wildman–Crippen LogP) is 2.31. The Labute approximate surface area is 137 Å². The van der Waals surface area contributed by atoms with Gasteiger partial charge in [0.05, 0.1) is 18.6 Å². The zero-order chi connectivity index (χ0) is 15.1. The van der Waals surface area contributed by atoms with Gasteiger partial charge in [-0.2, -0.15) is 0 Å². The van der Waals surface area contributed by atoms with Gasteiger partial charge in [-0.1, -0.05) is 11.6 Å². The number of hydrogen-bond donors (Lipinski definition) is 0. The van der Waals surface area contributed by atoms with Crippen LogP contribution in [0.4, 0.5) is 0 Å². The maximum atomic E-state index is 12.7. The summed E-state index contributed by atoms with van der Waals surface area (Å²) in [6, 6.07) is 0. The van der Waals surface area contributed by atoms with Crippen LogP contribution in [0.15, 0.2) is 6.33 Å². The van der Waals surface area contributed by atoms with E-state index in [1.807, 2.05) is 4.90 Å². The van der Waals surface area contributed by atoms with Crippen molar-refractivity contribution in [2.24, 2.45) is 5.92 Å². The molecule has 0 saturated carbocycles. The molecule has 1 saturated heterocycles. The number of aromatic nitrogens is 2. The van der Waals surface area contributed by atoms with Crippen LogP contribution in [0.5, 0.6) is 0 Å². The molecule has 0 radical (unpaired) electrons. The van der Waals surface area contributed by atoms with Crippen LogP contribution in [0.1, 0.15) is 16.9 Å². The van der Waals surface area contributed by atoms with E-state index in [4.69, 9.17) is 16.3 Å². The van der Waals surface area contributed by atoms with Gasteiger partial charge in [-0.3, -0.25) is 4.79 Å². The highest BCUT2D eigenvalue weighted by Crippen LogP contribution is 2.39. The van der Waals surface area contributed by atoms with Crippen LogP contribution >= 0.6 is 22.9 Å². The first-order chi connectivity index (χ1) is 10.7. The first-order valence-corrected chi connectivity index (χ1v) is 8.71. The normalized spacial score (nSPS) is 21.9. The Morgan fingerprint density at radius 3 is 3.00 bits per heavy atom. The minimum absolute atomic E-state index is 0.0744. The molecule has 0 spiro atoms. The van der Waals surface area contributed by atoms with Crippen LogP contribution in [0, 0.1) is 5.92 Å². The summed E-state index contributed by atoms with van der Waals surface area (Å²) in [4.78, 5) is 25.2. The Kier molecular flexibility index (Phi) is 3.76. The highest BCUT2D eigenvalue weighted by Gasteiger charge is 2.31. The number of fused-ring (bicyclic) bond motifs is 3. The van der Waals surface area contributed by atoms with Crippen molar-refractivity contribution in [2.45, 2.75) is 19.3 Å². The number of morpholine rings is 1. The minimum atomic E-state index is 0.0744. The molecule has 1 fully saturated rings. The average molecular weight is 338 g/mol. The van der Waals surface area contributed by atoms with E-state index < -0.39 is 0 Å². The van der Waals surface area contributed by atoms with Crippen molar-refractivity contribution < 1.29 is 9.53 Å². The number of thiophene rings is 1. The van der Waals surface area contributed by atoms with Gasteiger partial charge in [0, 0.05) is 23.9 Å². The van der Waals surface area contributed by atoms with Crippen LogP contribution in [0.2, 0.25) is 5.15 Å². The zero-order valence-corrected chi connectivity index (χ0v) is 13.6. The molecule has 0 N–H and O–H groups in total. The van der Waals surface area contributed by atoms with Gasteiger partial charge >= 0.3 is 0 Å². The molecule has 1 amide bonds. The molecule has 4 rings (SSSR count). The summed E-state index contributed by atoms with van der Waals surface area (Å²) in [6.45, 7) is 2.73. The van der Waals surface area contributed by atoms with Crippen molar-refractivity contribution in [1.29, 1.82) is 0 Å². The van der Waals surface area contributed by atoms with Crippen molar-refractivity contribution in [1.82, 2.24) is 14.9 Å². The molecule has 1 unspecified atom stereocenters. The standard InChI is InChI=1S/C15H16ClN3O2S/c16-13-12-10-2-1-9(15(20)19-3-5-21-6-4-19)7-11(10)22-14(12)18-8-17-13/h8-9H,1-7H2. The lowest BCUT2D eigenvalue weighted by molar-refractivity contribution is -0.140. The summed E-state index contributed by atoms with van der Waals surface area (Å²) in [5.74, 6) is 0.342. The fourth-order valence-corrected chi connectivity index (χ4v) is 4.89. The van der Waals surface area contributed by atoms with Crippen LogP contribution in [-0.2, 0) is 22.4 Å². The Morgan fingerprint density at radius 1 is 1.36 bits per heavy atom. The molecule has 0 aromatic carbocycles. The van der Waals surface area contributed by atoms with Crippen LogP contribution in [0.25, 0.3) is 10.2 Å². The molecular weight excluding hydrogens is 322 g/mol. The number of carbonyl (C=O) groups is 1. The lowest BCUT2D eigenvalue weighted by Gasteiger charge is -2.31. The first-order valence-electron chi connectivity index (χ1n) is 7.51. The number of aryl methyl sites for hydroxylation is 1. The van der Waals surface area contributed by atoms with Gasteiger partial charge < -0.3 is 9.64 Å². The molecule has 2 aliphatic rings. The Bertz CT molecular complexity index is 727. The summed E-state index contributed by atoms with van der Waals surface area (Å²) in [7, 11) is 0. The molecule has 2 aromatic rings. The van der Waals surface area contributed by atoms with E-state index in [-0.39, 0.29) is 11.8 Å². The van der Waals surface area contributed by atoms with E-state index in [9.17, 15) is 4.79 Å². The molecule has 7 heteroatoms. The van der Waals surface area contributed by atoms with Crippen molar-refractivity contribution in [3.05, 3.63) is 21.9 Å². The molecule has 1 atom stereocenters. The van der Waals surface area contributed by atoms with E-state index in [2.05, 4.69) is 9.97 Å². The third-order valence-electron chi connectivity index (χ3n) is 4.47. The summed E-state index contributed by atoms with van der Waals surface area (Å²) in [5.41, 5.74) is 1.25. The van der Waals surface area contributed by atoms with Gasteiger partial charge in [-0.15, -0.1) is 11.3 Å². The quantitative estimate of drug-likeness (QED) is 0.749. The van der Waals surface area contributed by atoms with Crippen LogP contribution in [-0.4, -0.2) is 47.1 Å². The second-order valence-electron chi connectivity index (χ2n) is 5.73. The first kappa shape index (κ1) is 14.4. The topological polar surface area (TPSA) is 55.3 Å². The fourth-order valence-electron chi connectivity index (χ4n) is 3.32. The molecule has 1 aliphatic heterocycles. The highest BCUT2D eigenvalue weighted by atomic mass is 35.5. The third-order valence-corrected chi connectivity index (χ3v) is 5.92. The molecule has 5 nitrogen and oxygen atoms in total. The Morgan fingerprint density at radius 2 is 2.18 bits per heavy atom. The van der Waals surface area contributed by atoms with E-state index in [1.165, 1.54) is 16.8 Å². The van der Waals surface area contributed by atoms with E-state index in [0.717, 1.165) is 29.5 Å². The average Bonchev–Trinajstić information content (AvgIpc) is 2.93. The predicted molar refractivity (Wildman–Crippen MR) is 85.3 cm³/mol. The minimum Gasteiger partial charge on any atom is -0.378 e. The Balaban J connectivity index is 1.60. The summed E-state index contributed by atoms with van der Waals surface area (Å²) >= 11 is 7.87. The second kappa shape index (κ2) is 5.76. The maximum Gasteiger partial charge on any atom is 0.226 e. The smallest absolute Gasteiger partial charge is 0.226 e. The van der Waals surface area contributed by atoms with Crippen LogP contribution in [0.3, 0.4) is 0 Å². The van der Waals surface area contributed by atoms with Gasteiger partial charge in [0.1, 0.15) is 16.3 Å². The summed E-state index contributed by atoms with van der Waals surface area (Å²) in [6.07, 6.45) is 4.05. The number of hydrogen-bond acceptors (Lipinski definition) is 5. The SMILES string of the molecule is O=C(C1CCc2c(sc3ncnc(Cl)c23)C1)N1CCOCC1. The van der Waals surface area contributed by atoms with Crippen molar-refractivity contribution >= 4 is 39.1 Å². The molecular formula is C15H16ClN3O2S. The maximum absolute atomic E-state index is 12.7. The van der Waals surface area contributed by atoms with Crippen LogP contribution < -0.4 is 0 Å². The number of ether oxygens (including phenoxy) is 1. The lowest BCUT2D eigenvalue weighted by atomic mass is 9.87. The van der Waals surface area contributed by atoms with Crippen molar-refractivity contribution in [3.8, 4) is 0 Å². The Hall–Kier alpha value is -1.24. The summed E-state index contributed by atoms with van der Waals surface area (Å²) in [5, 5.41) is 1.52. The molecule has 2 aromatic heterocycles. The van der Waals surface area contributed by atoms with Gasteiger partial charge in [0.2, 0.25) is 5.91 Å². The van der Waals surface area contributed by atoms with Crippen molar-refractivity contribution in [3.63, 3.8) is 0 Å². The number of amides is 1. The highest BCUT2D eigenvalue weighted by molar-refractivity contribution is 7.19. The number of nitrogens with zero attached hydrogens (tertiary/aromatic N) is 3. The van der Waals surface area contributed by atoms with Gasteiger partial charge in [0.15, 0.2) is 0 Å². The molecule has 3 heterocycles. The zero-order valence-electron chi connectivity index (χ0n) is 12.0. The molecule has 116 valence electrons. The van der Waals surface area contributed by atoms with Crippen molar-refractivity contribution in [2.75, 3.05) is 26.3 Å². The van der Waals surface area contributed by atoms with E-state index in [1.54, 1.807) is 11.3 Å². The summed E-state index contributed by atoms with van der Waals surface area (Å²) < 4.78 is 5.32. The second-order valence-corrected chi connectivity index (χ2v) is 7.17. The van der Waals surface area contributed by atoms with E-state index >= 15 is 0 Å². The number of rotatable bonds is 1. The van der Waals surface area contributed by atoms with Gasteiger partial charge in [-0.25, -0.2) is 9.97 Å². The largest absolute Gasteiger partial charge is 0.378 e. The number of halogens is 1. The third kappa shape index (κ3) is 2.39. The lowest BCUT2D eigenvalue weighted by Crippen LogP contribution is -2.44. The van der Waals surface area contributed by atoms with E-state index in [0.29, 0.717) is 31.5 Å². The molecule has 0 bridgehead atoms.